The van der Waals surface area contributed by atoms with Crippen LogP contribution in [-0.2, 0) is 14.3 Å². The number of nitrogens with one attached hydrogen (secondary N) is 1. The Morgan fingerprint density at radius 1 is 1.37 bits per heavy atom. The minimum atomic E-state index is -1.01. The van der Waals surface area contributed by atoms with Crippen LogP contribution in [0.4, 0.5) is 10.8 Å². The molecule has 1 atom stereocenters. The third-order valence-electron chi connectivity index (χ3n) is 3.99. The number of nitriles is 1. The lowest BCUT2D eigenvalue weighted by Gasteiger charge is -2.27. The van der Waals surface area contributed by atoms with Crippen molar-refractivity contribution in [2.24, 2.45) is 0 Å². The first-order valence-electron chi connectivity index (χ1n) is 8.36. The van der Waals surface area contributed by atoms with E-state index < -0.39 is 18.0 Å². The Labute approximate surface area is 160 Å². The van der Waals surface area contributed by atoms with Crippen molar-refractivity contribution in [3.8, 4) is 6.07 Å². The van der Waals surface area contributed by atoms with Crippen LogP contribution in [0.3, 0.4) is 0 Å². The van der Waals surface area contributed by atoms with Crippen molar-refractivity contribution in [3.63, 3.8) is 0 Å². The molecular formula is C18H18N4O4S. The van der Waals surface area contributed by atoms with E-state index in [1.54, 1.807) is 23.6 Å². The van der Waals surface area contributed by atoms with Gasteiger partial charge in [0.05, 0.1) is 24.3 Å². The van der Waals surface area contributed by atoms with Gasteiger partial charge in [-0.3, -0.25) is 4.79 Å². The molecule has 1 fully saturated rings. The number of pyridine rings is 1. The summed E-state index contributed by atoms with van der Waals surface area (Å²) in [7, 11) is 0. The normalized spacial score (nSPS) is 14.9. The number of aromatic nitrogens is 1. The van der Waals surface area contributed by atoms with Crippen LogP contribution in [0, 0.1) is 11.3 Å². The number of rotatable bonds is 5. The number of carbonyl (C=O) groups excluding carboxylic acids is 2. The molecule has 140 valence electrons. The van der Waals surface area contributed by atoms with Gasteiger partial charge in [0.2, 0.25) is 0 Å². The maximum atomic E-state index is 12.2. The Kier molecular flexibility index (Phi) is 6.01. The molecule has 1 amide bonds. The molecule has 0 aromatic carbocycles. The average molecular weight is 386 g/mol. The van der Waals surface area contributed by atoms with Crippen LogP contribution >= 0.6 is 11.3 Å². The number of hydrogen-bond acceptors (Lipinski definition) is 8. The van der Waals surface area contributed by atoms with Crippen molar-refractivity contribution in [2.45, 2.75) is 13.0 Å². The Morgan fingerprint density at radius 2 is 2.15 bits per heavy atom. The van der Waals surface area contributed by atoms with Crippen molar-refractivity contribution in [2.75, 3.05) is 36.5 Å². The lowest BCUT2D eigenvalue weighted by molar-refractivity contribution is -0.123. The lowest BCUT2D eigenvalue weighted by Crippen LogP contribution is -2.36. The minimum Gasteiger partial charge on any atom is -0.449 e. The number of esters is 1. The monoisotopic (exact) mass is 386 g/mol. The van der Waals surface area contributed by atoms with Gasteiger partial charge in [-0.1, -0.05) is 0 Å². The van der Waals surface area contributed by atoms with Crippen molar-refractivity contribution >= 4 is 34.0 Å². The quantitative estimate of drug-likeness (QED) is 0.784. The van der Waals surface area contributed by atoms with Gasteiger partial charge in [-0.25, -0.2) is 9.78 Å². The molecule has 1 N–H and O–H groups in total. The van der Waals surface area contributed by atoms with Crippen molar-refractivity contribution < 1.29 is 19.1 Å². The molecule has 0 radical (unpaired) electrons. The summed E-state index contributed by atoms with van der Waals surface area (Å²) in [5, 5.41) is 13.7. The van der Waals surface area contributed by atoms with Crippen molar-refractivity contribution in [1.82, 2.24) is 4.98 Å². The number of ether oxygens (including phenoxy) is 2. The first-order chi connectivity index (χ1) is 13.1. The summed E-state index contributed by atoms with van der Waals surface area (Å²) < 4.78 is 10.5. The average Bonchev–Trinajstić information content (AvgIpc) is 3.15. The molecule has 0 aliphatic carbocycles. The zero-order valence-corrected chi connectivity index (χ0v) is 15.5. The summed E-state index contributed by atoms with van der Waals surface area (Å²) in [6, 6.07) is 6.97. The fourth-order valence-corrected chi connectivity index (χ4v) is 3.22. The molecule has 2 aromatic heterocycles. The van der Waals surface area contributed by atoms with E-state index in [0.29, 0.717) is 23.8 Å². The molecule has 0 spiro atoms. The second kappa shape index (κ2) is 8.62. The van der Waals surface area contributed by atoms with Gasteiger partial charge in [0.25, 0.3) is 5.91 Å². The van der Waals surface area contributed by atoms with Gasteiger partial charge >= 0.3 is 5.97 Å². The SMILES string of the molecule is CC(OC(=O)c1ccc(N2CCOCC2)nc1)C(=O)Nc1sccc1C#N. The van der Waals surface area contributed by atoms with E-state index in [1.165, 1.54) is 24.5 Å². The first-order valence-corrected chi connectivity index (χ1v) is 9.24. The van der Waals surface area contributed by atoms with Crippen LogP contribution in [0.15, 0.2) is 29.8 Å². The zero-order chi connectivity index (χ0) is 19.2. The number of amides is 1. The van der Waals surface area contributed by atoms with Crippen LogP contribution in [0.2, 0.25) is 0 Å². The molecule has 1 unspecified atom stereocenters. The van der Waals surface area contributed by atoms with Crippen LogP contribution in [0.5, 0.6) is 0 Å². The van der Waals surface area contributed by atoms with Gasteiger partial charge in [0, 0.05) is 19.3 Å². The Morgan fingerprint density at radius 3 is 2.81 bits per heavy atom. The predicted molar refractivity (Wildman–Crippen MR) is 99.8 cm³/mol. The number of anilines is 2. The van der Waals surface area contributed by atoms with Gasteiger partial charge in [0.1, 0.15) is 16.9 Å². The van der Waals surface area contributed by atoms with E-state index in [9.17, 15) is 9.59 Å². The van der Waals surface area contributed by atoms with E-state index in [4.69, 9.17) is 14.7 Å². The largest absolute Gasteiger partial charge is 0.449 e. The molecular weight excluding hydrogens is 368 g/mol. The first kappa shape index (κ1) is 18.8. The Balaban J connectivity index is 1.57. The molecule has 1 aliphatic heterocycles. The van der Waals surface area contributed by atoms with Gasteiger partial charge < -0.3 is 19.7 Å². The summed E-state index contributed by atoms with van der Waals surface area (Å²) in [6.45, 7) is 4.27. The number of morpholine rings is 1. The minimum absolute atomic E-state index is 0.264. The number of carbonyl (C=O) groups is 2. The fourth-order valence-electron chi connectivity index (χ4n) is 2.48. The van der Waals surface area contributed by atoms with Crippen molar-refractivity contribution in [3.05, 3.63) is 40.9 Å². The van der Waals surface area contributed by atoms with E-state index in [2.05, 4.69) is 15.2 Å². The Hall–Kier alpha value is -2.96. The van der Waals surface area contributed by atoms with E-state index in [1.807, 2.05) is 6.07 Å². The number of thiophene rings is 1. The molecule has 1 saturated heterocycles. The summed E-state index contributed by atoms with van der Waals surface area (Å²) in [4.78, 5) is 30.8. The highest BCUT2D eigenvalue weighted by Crippen LogP contribution is 2.22. The standard InChI is InChI=1S/C18H18N4O4S/c1-12(16(23)21-17-13(10-19)4-9-27-17)26-18(24)14-2-3-15(20-11-14)22-5-7-25-8-6-22/h2-4,9,11-12H,5-8H2,1H3,(H,21,23). The highest BCUT2D eigenvalue weighted by Gasteiger charge is 2.21. The smallest absolute Gasteiger partial charge is 0.340 e. The molecule has 3 rings (SSSR count). The summed E-state index contributed by atoms with van der Waals surface area (Å²) in [6.07, 6.45) is 0.426. The Bertz CT molecular complexity index is 853. The summed E-state index contributed by atoms with van der Waals surface area (Å²) >= 11 is 1.23. The fraction of sp³-hybridized carbons (Fsp3) is 0.333. The molecule has 0 bridgehead atoms. The van der Waals surface area contributed by atoms with Gasteiger partial charge in [-0.05, 0) is 30.5 Å². The van der Waals surface area contributed by atoms with Gasteiger partial charge in [-0.15, -0.1) is 11.3 Å². The second-order valence-electron chi connectivity index (χ2n) is 5.82. The predicted octanol–water partition coefficient (Wildman–Crippen LogP) is 2.04. The van der Waals surface area contributed by atoms with Crippen LogP contribution in [-0.4, -0.2) is 49.3 Å². The number of nitrogens with zero attached hydrogens (tertiary/aromatic N) is 3. The van der Waals surface area contributed by atoms with Crippen LogP contribution in [0.25, 0.3) is 0 Å². The lowest BCUT2D eigenvalue weighted by atomic mass is 10.2. The van der Waals surface area contributed by atoms with Crippen LogP contribution in [0.1, 0.15) is 22.8 Å². The summed E-state index contributed by atoms with van der Waals surface area (Å²) in [5.74, 6) is -0.368. The molecule has 27 heavy (non-hydrogen) atoms. The topological polar surface area (TPSA) is 105 Å². The van der Waals surface area contributed by atoms with Gasteiger partial charge in [0.15, 0.2) is 6.10 Å². The molecule has 1 aliphatic rings. The maximum absolute atomic E-state index is 12.2. The van der Waals surface area contributed by atoms with E-state index in [-0.39, 0.29) is 5.56 Å². The highest BCUT2D eigenvalue weighted by atomic mass is 32.1. The molecule has 9 heteroatoms. The van der Waals surface area contributed by atoms with E-state index >= 15 is 0 Å². The molecule has 3 heterocycles. The molecule has 0 saturated carbocycles. The van der Waals surface area contributed by atoms with Crippen LogP contribution < -0.4 is 10.2 Å². The number of hydrogen-bond donors (Lipinski definition) is 1. The van der Waals surface area contributed by atoms with Gasteiger partial charge in [-0.2, -0.15) is 5.26 Å². The maximum Gasteiger partial charge on any atom is 0.340 e. The second-order valence-corrected chi connectivity index (χ2v) is 6.73. The summed E-state index contributed by atoms with van der Waals surface area (Å²) in [5.41, 5.74) is 0.635. The van der Waals surface area contributed by atoms with Crippen molar-refractivity contribution in [1.29, 1.82) is 5.26 Å². The molecule has 2 aromatic rings. The third kappa shape index (κ3) is 4.61. The third-order valence-corrected chi connectivity index (χ3v) is 4.82. The zero-order valence-electron chi connectivity index (χ0n) is 14.7. The van der Waals surface area contributed by atoms with E-state index in [0.717, 1.165) is 18.9 Å². The molecule has 8 nitrogen and oxygen atoms in total. The highest BCUT2D eigenvalue weighted by molar-refractivity contribution is 7.14.